The highest BCUT2D eigenvalue weighted by atomic mass is 19.4. The topological polar surface area (TPSA) is 68.5 Å². The SMILES string of the molecule is Cc1ccc2c(c1)c(CC(=O)O)c(C)n2C(=O)c1ccc(OC(F)(F)F)cc1. The molecule has 0 saturated carbocycles. The van der Waals surface area contributed by atoms with Crippen molar-refractivity contribution < 1.29 is 32.6 Å². The van der Waals surface area contributed by atoms with Crippen molar-refractivity contribution in [3.8, 4) is 5.75 Å². The van der Waals surface area contributed by atoms with Gasteiger partial charge in [-0.2, -0.15) is 0 Å². The van der Waals surface area contributed by atoms with Crippen LogP contribution in [0.3, 0.4) is 0 Å². The molecule has 8 heteroatoms. The second-order valence-corrected chi connectivity index (χ2v) is 6.37. The molecule has 1 N–H and O–H groups in total. The van der Waals surface area contributed by atoms with E-state index in [1.165, 1.54) is 16.7 Å². The van der Waals surface area contributed by atoms with E-state index in [9.17, 15) is 27.9 Å². The van der Waals surface area contributed by atoms with Crippen molar-refractivity contribution in [2.24, 2.45) is 0 Å². The number of carboxylic acid groups (broad SMARTS) is 1. The molecule has 1 aromatic heterocycles. The number of carbonyl (C=O) groups is 2. The van der Waals surface area contributed by atoms with Gasteiger partial charge >= 0.3 is 12.3 Å². The summed E-state index contributed by atoms with van der Waals surface area (Å²) < 4.78 is 42.1. The van der Waals surface area contributed by atoms with Crippen molar-refractivity contribution in [2.75, 3.05) is 0 Å². The van der Waals surface area contributed by atoms with Crippen LogP contribution in [0.2, 0.25) is 0 Å². The lowest BCUT2D eigenvalue weighted by Crippen LogP contribution is -2.17. The van der Waals surface area contributed by atoms with Crippen LogP contribution in [-0.2, 0) is 11.2 Å². The summed E-state index contributed by atoms with van der Waals surface area (Å²) in [6.45, 7) is 3.50. The normalized spacial score (nSPS) is 11.6. The molecule has 0 aliphatic heterocycles. The summed E-state index contributed by atoms with van der Waals surface area (Å²) in [7, 11) is 0. The molecule has 0 bridgehead atoms. The number of aliphatic carboxylic acids is 1. The molecule has 0 aliphatic rings. The average molecular weight is 391 g/mol. The molecule has 0 aliphatic carbocycles. The van der Waals surface area contributed by atoms with E-state index in [2.05, 4.69) is 4.74 Å². The summed E-state index contributed by atoms with van der Waals surface area (Å²) in [5.41, 5.74) is 2.61. The lowest BCUT2D eigenvalue weighted by molar-refractivity contribution is -0.274. The Bertz CT molecular complexity index is 1070. The van der Waals surface area contributed by atoms with E-state index in [1.807, 2.05) is 13.0 Å². The Balaban J connectivity index is 2.07. The number of carbonyl (C=O) groups excluding carboxylic acids is 1. The van der Waals surface area contributed by atoms with Gasteiger partial charge in [0.05, 0.1) is 11.9 Å². The third kappa shape index (κ3) is 3.85. The van der Waals surface area contributed by atoms with Gasteiger partial charge in [0, 0.05) is 16.6 Å². The van der Waals surface area contributed by atoms with Gasteiger partial charge in [-0.05, 0) is 55.8 Å². The largest absolute Gasteiger partial charge is 0.573 e. The standard InChI is InChI=1S/C20H16F3NO4/c1-11-3-8-17-16(9-11)15(10-18(25)26)12(2)24(17)19(27)13-4-6-14(7-5-13)28-20(21,22)23/h3-9H,10H2,1-2H3,(H,25,26). The maximum atomic E-state index is 13.0. The zero-order valence-corrected chi connectivity index (χ0v) is 15.0. The number of nitrogens with zero attached hydrogens (tertiary/aromatic N) is 1. The minimum Gasteiger partial charge on any atom is -0.481 e. The summed E-state index contributed by atoms with van der Waals surface area (Å²) in [6, 6.07) is 9.93. The molecule has 1 heterocycles. The van der Waals surface area contributed by atoms with Crippen LogP contribution < -0.4 is 4.74 Å². The van der Waals surface area contributed by atoms with Gasteiger partial charge in [-0.15, -0.1) is 13.2 Å². The third-order valence-electron chi connectivity index (χ3n) is 4.36. The van der Waals surface area contributed by atoms with Crippen LogP contribution in [0.5, 0.6) is 5.75 Å². The molecular weight excluding hydrogens is 375 g/mol. The molecule has 2 aromatic carbocycles. The zero-order chi connectivity index (χ0) is 20.6. The third-order valence-corrected chi connectivity index (χ3v) is 4.36. The van der Waals surface area contributed by atoms with E-state index in [1.54, 1.807) is 19.1 Å². The van der Waals surface area contributed by atoms with Crippen molar-refractivity contribution in [3.63, 3.8) is 0 Å². The van der Waals surface area contributed by atoms with Gasteiger partial charge < -0.3 is 9.84 Å². The maximum Gasteiger partial charge on any atom is 0.573 e. The lowest BCUT2D eigenvalue weighted by atomic mass is 10.1. The summed E-state index contributed by atoms with van der Waals surface area (Å²) in [5, 5.41) is 9.87. The number of rotatable bonds is 4. The molecule has 0 atom stereocenters. The van der Waals surface area contributed by atoms with Crippen molar-refractivity contribution >= 4 is 22.8 Å². The first kappa shape index (κ1) is 19.5. The molecule has 28 heavy (non-hydrogen) atoms. The fourth-order valence-electron chi connectivity index (χ4n) is 3.16. The molecule has 0 amide bonds. The van der Waals surface area contributed by atoms with E-state index in [4.69, 9.17) is 0 Å². The summed E-state index contributed by atoms with van der Waals surface area (Å²) in [6.07, 6.45) is -5.06. The van der Waals surface area contributed by atoms with E-state index in [-0.39, 0.29) is 12.0 Å². The Hall–Kier alpha value is -3.29. The van der Waals surface area contributed by atoms with Crippen LogP contribution in [0.4, 0.5) is 13.2 Å². The highest BCUT2D eigenvalue weighted by molar-refractivity contribution is 6.04. The van der Waals surface area contributed by atoms with E-state index < -0.39 is 24.0 Å². The number of hydrogen-bond acceptors (Lipinski definition) is 3. The quantitative estimate of drug-likeness (QED) is 0.712. The Morgan fingerprint density at radius 2 is 1.71 bits per heavy atom. The van der Waals surface area contributed by atoms with Crippen molar-refractivity contribution in [1.82, 2.24) is 4.57 Å². The maximum absolute atomic E-state index is 13.0. The van der Waals surface area contributed by atoms with Gasteiger partial charge in [0.15, 0.2) is 0 Å². The number of carboxylic acids is 1. The number of aromatic nitrogens is 1. The number of benzene rings is 2. The van der Waals surface area contributed by atoms with Gasteiger partial charge in [-0.1, -0.05) is 11.6 Å². The van der Waals surface area contributed by atoms with Crippen molar-refractivity contribution in [1.29, 1.82) is 0 Å². The monoisotopic (exact) mass is 391 g/mol. The smallest absolute Gasteiger partial charge is 0.481 e. The molecule has 0 unspecified atom stereocenters. The second kappa shape index (κ2) is 7.03. The fraction of sp³-hybridized carbons (Fsp3) is 0.200. The predicted octanol–water partition coefficient (Wildman–Crippen LogP) is 4.47. The molecule has 0 fully saturated rings. The minimum atomic E-state index is -4.82. The first-order chi connectivity index (χ1) is 13.1. The first-order valence-corrected chi connectivity index (χ1v) is 8.29. The molecule has 3 rings (SSSR count). The lowest BCUT2D eigenvalue weighted by Gasteiger charge is -2.10. The predicted molar refractivity (Wildman–Crippen MR) is 95.6 cm³/mol. The summed E-state index contributed by atoms with van der Waals surface area (Å²) >= 11 is 0. The number of aryl methyl sites for hydroxylation is 1. The molecule has 5 nitrogen and oxygen atoms in total. The van der Waals surface area contributed by atoms with Gasteiger partial charge in [0.1, 0.15) is 5.75 Å². The minimum absolute atomic E-state index is 0.150. The van der Waals surface area contributed by atoms with Crippen LogP contribution in [-0.4, -0.2) is 27.9 Å². The number of halogens is 3. The van der Waals surface area contributed by atoms with E-state index in [0.29, 0.717) is 22.2 Å². The van der Waals surface area contributed by atoms with Crippen LogP contribution in [0, 0.1) is 13.8 Å². The van der Waals surface area contributed by atoms with Gasteiger partial charge in [0.2, 0.25) is 0 Å². The summed E-state index contributed by atoms with van der Waals surface area (Å²) in [4.78, 5) is 24.3. The average Bonchev–Trinajstić information content (AvgIpc) is 2.85. The Morgan fingerprint density at radius 3 is 2.29 bits per heavy atom. The van der Waals surface area contributed by atoms with Crippen LogP contribution in [0.1, 0.15) is 27.2 Å². The van der Waals surface area contributed by atoms with Gasteiger partial charge in [0.25, 0.3) is 5.91 Å². The van der Waals surface area contributed by atoms with Gasteiger partial charge in [-0.3, -0.25) is 14.2 Å². The molecule has 146 valence electrons. The summed E-state index contributed by atoms with van der Waals surface area (Å²) in [5.74, 6) is -1.92. The Morgan fingerprint density at radius 1 is 1.07 bits per heavy atom. The van der Waals surface area contributed by atoms with Gasteiger partial charge in [-0.25, -0.2) is 0 Å². The van der Waals surface area contributed by atoms with E-state index in [0.717, 1.165) is 17.7 Å². The van der Waals surface area contributed by atoms with Crippen LogP contribution in [0.25, 0.3) is 10.9 Å². The number of hydrogen-bond donors (Lipinski definition) is 1. The number of fused-ring (bicyclic) bond motifs is 1. The van der Waals surface area contributed by atoms with Crippen LogP contribution in [0.15, 0.2) is 42.5 Å². The first-order valence-electron chi connectivity index (χ1n) is 8.29. The molecule has 0 spiro atoms. The molecule has 0 saturated heterocycles. The number of alkyl halides is 3. The Kier molecular flexibility index (Phi) is 4.89. The molecular formula is C20H16F3NO4. The second-order valence-electron chi connectivity index (χ2n) is 6.37. The van der Waals surface area contributed by atoms with E-state index >= 15 is 0 Å². The van der Waals surface area contributed by atoms with Crippen molar-refractivity contribution in [2.45, 2.75) is 26.6 Å². The Labute approximate surface area is 158 Å². The fourth-order valence-corrected chi connectivity index (χ4v) is 3.16. The number of ether oxygens (including phenoxy) is 1. The molecule has 3 aromatic rings. The zero-order valence-electron chi connectivity index (χ0n) is 15.0. The van der Waals surface area contributed by atoms with Crippen LogP contribution >= 0.6 is 0 Å². The highest BCUT2D eigenvalue weighted by Crippen LogP contribution is 2.29. The highest BCUT2D eigenvalue weighted by Gasteiger charge is 2.31. The molecule has 0 radical (unpaired) electrons. The van der Waals surface area contributed by atoms with Crippen molar-refractivity contribution in [3.05, 3.63) is 64.8 Å².